The van der Waals surface area contributed by atoms with Gasteiger partial charge in [0.15, 0.2) is 17.5 Å². The lowest BCUT2D eigenvalue weighted by Crippen LogP contribution is -2.31. The number of nitrogens with zero attached hydrogens (tertiary/aromatic N) is 2. The molecule has 0 fully saturated rings. The van der Waals surface area contributed by atoms with Gasteiger partial charge in [0.1, 0.15) is 5.82 Å². The van der Waals surface area contributed by atoms with E-state index < -0.39 is 0 Å². The highest BCUT2D eigenvalue weighted by Crippen LogP contribution is 2.29. The summed E-state index contributed by atoms with van der Waals surface area (Å²) >= 11 is 0. The molecule has 0 saturated carbocycles. The van der Waals surface area contributed by atoms with Crippen LogP contribution in [0, 0.1) is 0 Å². The van der Waals surface area contributed by atoms with Crippen molar-refractivity contribution in [2.75, 3.05) is 44.5 Å². The molecule has 0 aliphatic heterocycles. The zero-order valence-corrected chi connectivity index (χ0v) is 17.0. The summed E-state index contributed by atoms with van der Waals surface area (Å²) in [7, 11) is 3.24. The number of para-hydroxylation sites is 1. The summed E-state index contributed by atoms with van der Waals surface area (Å²) in [6.45, 7) is 4.06. The molecule has 0 bridgehead atoms. The zero-order valence-electron chi connectivity index (χ0n) is 17.0. The summed E-state index contributed by atoms with van der Waals surface area (Å²) < 4.78 is 10.6. The number of hydrogen-bond acceptors (Lipinski definition) is 5. The first-order chi connectivity index (χ1) is 14.2. The number of anilines is 2. The highest BCUT2D eigenvalue weighted by Gasteiger charge is 2.06. The number of benzene rings is 2. The molecular formula is C22H27N5O2. The lowest BCUT2D eigenvalue weighted by atomic mass is 10.2. The maximum atomic E-state index is 5.35. The van der Waals surface area contributed by atoms with Crippen LogP contribution in [-0.2, 0) is 0 Å². The molecule has 0 atom stereocenters. The Kier molecular flexibility index (Phi) is 7.10. The second-order valence-electron chi connectivity index (χ2n) is 6.27. The molecular weight excluding hydrogens is 366 g/mol. The molecule has 3 rings (SSSR count). The lowest BCUT2D eigenvalue weighted by molar-refractivity contribution is 0.355. The van der Waals surface area contributed by atoms with Crippen molar-refractivity contribution in [3.8, 4) is 11.5 Å². The van der Waals surface area contributed by atoms with Crippen molar-refractivity contribution in [3.63, 3.8) is 0 Å². The monoisotopic (exact) mass is 393 g/mol. The molecule has 3 aromatic rings. The van der Waals surface area contributed by atoms with E-state index in [1.165, 1.54) is 0 Å². The normalized spacial score (nSPS) is 11.2. The lowest BCUT2D eigenvalue weighted by Gasteiger charge is -2.14. The van der Waals surface area contributed by atoms with Crippen LogP contribution < -0.4 is 25.4 Å². The first-order valence-corrected chi connectivity index (χ1v) is 9.60. The maximum absolute atomic E-state index is 5.35. The van der Waals surface area contributed by atoms with E-state index in [-0.39, 0.29) is 0 Å². The van der Waals surface area contributed by atoms with Gasteiger partial charge in [0.05, 0.1) is 26.3 Å². The Bertz CT molecular complexity index is 974. The second kappa shape index (κ2) is 10.2. The van der Waals surface area contributed by atoms with Crippen molar-refractivity contribution in [2.45, 2.75) is 6.92 Å². The van der Waals surface area contributed by atoms with Gasteiger partial charge in [-0.15, -0.1) is 0 Å². The summed E-state index contributed by atoms with van der Waals surface area (Å²) in [5.74, 6) is 2.90. The zero-order chi connectivity index (χ0) is 20.5. The van der Waals surface area contributed by atoms with E-state index in [1.54, 1.807) is 14.2 Å². The van der Waals surface area contributed by atoms with Gasteiger partial charge in [-0.3, -0.25) is 4.99 Å². The van der Waals surface area contributed by atoms with Crippen LogP contribution in [0.25, 0.3) is 10.9 Å². The van der Waals surface area contributed by atoms with Gasteiger partial charge < -0.3 is 25.4 Å². The molecule has 152 valence electrons. The van der Waals surface area contributed by atoms with Crippen molar-refractivity contribution < 1.29 is 9.47 Å². The highest BCUT2D eigenvalue weighted by atomic mass is 16.5. The number of ether oxygens (including phenoxy) is 2. The number of pyridine rings is 1. The topological polar surface area (TPSA) is 79.8 Å². The van der Waals surface area contributed by atoms with Crippen LogP contribution >= 0.6 is 0 Å². The van der Waals surface area contributed by atoms with Crippen molar-refractivity contribution in [1.29, 1.82) is 0 Å². The highest BCUT2D eigenvalue weighted by molar-refractivity contribution is 5.94. The average Bonchev–Trinajstić information content (AvgIpc) is 2.76. The van der Waals surface area contributed by atoms with Crippen LogP contribution in [0.4, 0.5) is 11.5 Å². The van der Waals surface area contributed by atoms with Crippen LogP contribution in [0.3, 0.4) is 0 Å². The Balaban J connectivity index is 1.60. The maximum Gasteiger partial charge on any atom is 0.195 e. The number of aliphatic imine (C=N–C) groups is 1. The third-order valence-electron chi connectivity index (χ3n) is 4.28. The first kappa shape index (κ1) is 20.3. The molecule has 1 aromatic heterocycles. The van der Waals surface area contributed by atoms with Crippen molar-refractivity contribution in [1.82, 2.24) is 10.3 Å². The number of nitrogens with one attached hydrogen (secondary N) is 3. The molecule has 2 aromatic carbocycles. The summed E-state index contributed by atoms with van der Waals surface area (Å²) in [5.41, 5.74) is 1.84. The van der Waals surface area contributed by atoms with E-state index in [9.17, 15) is 0 Å². The van der Waals surface area contributed by atoms with Gasteiger partial charge in [0.2, 0.25) is 0 Å². The first-order valence-electron chi connectivity index (χ1n) is 9.60. The molecule has 7 nitrogen and oxygen atoms in total. The summed E-state index contributed by atoms with van der Waals surface area (Å²) in [6.07, 6.45) is 0. The van der Waals surface area contributed by atoms with Gasteiger partial charge in [0.25, 0.3) is 0 Å². The Morgan fingerprint density at radius 3 is 2.62 bits per heavy atom. The van der Waals surface area contributed by atoms with E-state index in [0.717, 1.165) is 29.0 Å². The van der Waals surface area contributed by atoms with Crippen molar-refractivity contribution in [2.24, 2.45) is 4.99 Å². The second-order valence-corrected chi connectivity index (χ2v) is 6.27. The molecule has 0 unspecified atom stereocenters. The minimum absolute atomic E-state index is 0.594. The van der Waals surface area contributed by atoms with E-state index in [4.69, 9.17) is 9.47 Å². The molecule has 1 heterocycles. The number of hydrogen-bond donors (Lipinski definition) is 3. The fourth-order valence-electron chi connectivity index (χ4n) is 2.87. The van der Waals surface area contributed by atoms with Gasteiger partial charge in [0, 0.05) is 30.2 Å². The average molecular weight is 393 g/mol. The standard InChI is InChI=1S/C22H27N5O2/c1-4-23-22(26-17-10-11-19(28-2)20(15-17)29-3)25-14-13-24-21-12-9-16-7-5-6-8-18(16)27-21/h5-12,15H,4,13-14H2,1-3H3,(H,24,27)(H2,23,25,26). The Labute approximate surface area is 171 Å². The van der Waals surface area contributed by atoms with Gasteiger partial charge >= 0.3 is 0 Å². The largest absolute Gasteiger partial charge is 0.493 e. The third-order valence-corrected chi connectivity index (χ3v) is 4.28. The van der Waals surface area contributed by atoms with Crippen LogP contribution in [0.1, 0.15) is 6.92 Å². The number of aromatic nitrogens is 1. The molecule has 0 amide bonds. The molecule has 0 aliphatic rings. The van der Waals surface area contributed by atoms with Gasteiger partial charge in [-0.05, 0) is 37.3 Å². The summed E-state index contributed by atoms with van der Waals surface area (Å²) in [4.78, 5) is 9.23. The van der Waals surface area contributed by atoms with Crippen molar-refractivity contribution >= 4 is 28.4 Å². The van der Waals surface area contributed by atoms with Gasteiger partial charge in [-0.1, -0.05) is 18.2 Å². The molecule has 0 saturated heterocycles. The minimum atomic E-state index is 0.594. The minimum Gasteiger partial charge on any atom is -0.493 e. The number of guanidine groups is 1. The number of rotatable bonds is 8. The quantitative estimate of drug-likeness (QED) is 0.307. The molecule has 0 aliphatic carbocycles. The van der Waals surface area contributed by atoms with Crippen molar-refractivity contribution in [3.05, 3.63) is 54.6 Å². The van der Waals surface area contributed by atoms with Crippen LogP contribution in [-0.4, -0.2) is 44.8 Å². The predicted octanol–water partition coefficient (Wildman–Crippen LogP) is 3.74. The third kappa shape index (κ3) is 5.51. The molecule has 7 heteroatoms. The Morgan fingerprint density at radius 2 is 1.83 bits per heavy atom. The van der Waals surface area contributed by atoms with E-state index in [2.05, 4.69) is 38.1 Å². The predicted molar refractivity (Wildman–Crippen MR) is 119 cm³/mol. The molecule has 3 N–H and O–H groups in total. The number of methoxy groups -OCH3 is 2. The summed E-state index contributed by atoms with van der Waals surface area (Å²) in [6, 6.07) is 17.8. The van der Waals surface area contributed by atoms with Crippen LogP contribution in [0.5, 0.6) is 11.5 Å². The fraction of sp³-hybridized carbons (Fsp3) is 0.273. The van der Waals surface area contributed by atoms with E-state index in [1.807, 2.05) is 49.4 Å². The van der Waals surface area contributed by atoms with E-state index in [0.29, 0.717) is 30.5 Å². The molecule has 0 radical (unpaired) electrons. The van der Waals surface area contributed by atoms with Gasteiger partial charge in [-0.25, -0.2) is 4.98 Å². The van der Waals surface area contributed by atoms with Gasteiger partial charge in [-0.2, -0.15) is 0 Å². The Hall–Kier alpha value is -3.48. The molecule has 29 heavy (non-hydrogen) atoms. The van der Waals surface area contributed by atoms with Crippen LogP contribution in [0.15, 0.2) is 59.6 Å². The Morgan fingerprint density at radius 1 is 1.00 bits per heavy atom. The fourth-order valence-corrected chi connectivity index (χ4v) is 2.87. The number of fused-ring (bicyclic) bond motifs is 1. The van der Waals surface area contributed by atoms with E-state index >= 15 is 0 Å². The van der Waals surface area contributed by atoms with Crippen LogP contribution in [0.2, 0.25) is 0 Å². The SMILES string of the molecule is CCNC(=NCCNc1ccc2ccccc2n1)Nc1ccc(OC)c(OC)c1. The molecule has 0 spiro atoms. The smallest absolute Gasteiger partial charge is 0.195 e. The summed E-state index contributed by atoms with van der Waals surface area (Å²) in [5, 5.41) is 11.0.